The fourth-order valence-corrected chi connectivity index (χ4v) is 4.41. The lowest BCUT2D eigenvalue weighted by Crippen LogP contribution is -2.10. The van der Waals surface area contributed by atoms with Crippen LogP contribution in [0, 0.1) is 0 Å². The zero-order valence-corrected chi connectivity index (χ0v) is 15.6. The van der Waals surface area contributed by atoms with E-state index < -0.39 is 12.2 Å². The molecule has 0 saturated carbocycles. The van der Waals surface area contributed by atoms with Crippen molar-refractivity contribution in [2.24, 2.45) is 0 Å². The molecule has 4 aromatic rings. The van der Waals surface area contributed by atoms with Crippen molar-refractivity contribution in [3.05, 3.63) is 94.7 Å². The number of hydrogen-bond donors (Lipinski definition) is 2. The highest BCUT2D eigenvalue weighted by Gasteiger charge is 2.20. The molecule has 130 valence electrons. The van der Waals surface area contributed by atoms with E-state index in [1.807, 2.05) is 71.4 Å². The lowest BCUT2D eigenvalue weighted by atomic mass is 9.96. The van der Waals surface area contributed by atoms with Gasteiger partial charge in [-0.25, -0.2) is 0 Å². The Morgan fingerprint density at radius 2 is 0.923 bits per heavy atom. The summed E-state index contributed by atoms with van der Waals surface area (Å²) in [6.45, 7) is 0. The third-order valence-corrected chi connectivity index (χ3v) is 6.25. The molecule has 26 heavy (non-hydrogen) atoms. The van der Waals surface area contributed by atoms with Crippen LogP contribution in [0.4, 0.5) is 0 Å². The summed E-state index contributed by atoms with van der Waals surface area (Å²) in [5.74, 6) is 0. The number of benzene rings is 2. The third kappa shape index (κ3) is 3.50. The topological polar surface area (TPSA) is 40.5 Å². The summed E-state index contributed by atoms with van der Waals surface area (Å²) in [6, 6.07) is 23.6. The molecule has 2 aromatic heterocycles. The third-order valence-electron chi connectivity index (χ3n) is 4.41. The molecular weight excluding hydrogens is 360 g/mol. The zero-order valence-electron chi connectivity index (χ0n) is 13.9. The van der Waals surface area contributed by atoms with Gasteiger partial charge in [-0.05, 0) is 45.1 Å². The fourth-order valence-electron chi connectivity index (χ4n) is 2.94. The number of aliphatic hydroxyl groups is 2. The van der Waals surface area contributed by atoms with Crippen LogP contribution in [0.15, 0.2) is 83.6 Å². The van der Waals surface area contributed by atoms with Gasteiger partial charge in [-0.15, -0.1) is 22.7 Å². The van der Waals surface area contributed by atoms with Crippen molar-refractivity contribution < 1.29 is 10.2 Å². The van der Waals surface area contributed by atoms with Crippen molar-refractivity contribution in [2.75, 3.05) is 0 Å². The van der Waals surface area contributed by atoms with Gasteiger partial charge in [-0.1, -0.05) is 60.7 Å². The highest BCUT2D eigenvalue weighted by atomic mass is 32.1. The molecule has 0 saturated heterocycles. The van der Waals surface area contributed by atoms with Crippen molar-refractivity contribution in [2.45, 2.75) is 12.2 Å². The standard InChI is InChI=1S/C22H18O2S2/c23-21(17-9-5-15(6-10-17)19-3-1-13-25-19)22(24)18-11-7-16(8-12-18)20-4-2-14-26-20/h1-14,21-24H. The van der Waals surface area contributed by atoms with Gasteiger partial charge in [-0.3, -0.25) is 0 Å². The predicted octanol–water partition coefficient (Wildman–Crippen LogP) is 5.91. The van der Waals surface area contributed by atoms with Crippen LogP contribution < -0.4 is 0 Å². The molecule has 2 aromatic carbocycles. The Hall–Kier alpha value is -2.24. The fraction of sp³-hybridized carbons (Fsp3) is 0.0909. The minimum Gasteiger partial charge on any atom is -0.385 e. The summed E-state index contributed by atoms with van der Waals surface area (Å²) in [5, 5.41) is 25.2. The molecule has 0 aliphatic carbocycles. The van der Waals surface area contributed by atoms with E-state index in [1.165, 1.54) is 9.75 Å². The summed E-state index contributed by atoms with van der Waals surface area (Å²) in [4.78, 5) is 2.38. The van der Waals surface area contributed by atoms with E-state index in [1.54, 1.807) is 22.7 Å². The minimum absolute atomic E-state index is 0.708. The van der Waals surface area contributed by atoms with Gasteiger partial charge in [0.15, 0.2) is 0 Å². The number of aliphatic hydroxyl groups excluding tert-OH is 2. The summed E-state index contributed by atoms with van der Waals surface area (Å²) in [6.07, 6.45) is -1.92. The second-order valence-corrected chi connectivity index (χ2v) is 7.98. The molecular formula is C22H18O2S2. The molecule has 2 atom stereocenters. The molecule has 0 aliphatic rings. The van der Waals surface area contributed by atoms with Crippen LogP contribution in [0.1, 0.15) is 23.3 Å². The normalized spacial score (nSPS) is 13.5. The van der Waals surface area contributed by atoms with E-state index in [0.29, 0.717) is 11.1 Å². The monoisotopic (exact) mass is 378 g/mol. The van der Waals surface area contributed by atoms with Crippen molar-refractivity contribution in [1.82, 2.24) is 0 Å². The number of rotatable bonds is 5. The first-order chi connectivity index (χ1) is 12.7. The summed E-state index contributed by atoms with van der Waals surface area (Å²) >= 11 is 3.37. The van der Waals surface area contributed by atoms with Crippen LogP contribution in [0.25, 0.3) is 20.9 Å². The Labute approximate surface area is 160 Å². The molecule has 0 spiro atoms. The van der Waals surface area contributed by atoms with Crippen LogP contribution in [-0.4, -0.2) is 10.2 Å². The Balaban J connectivity index is 1.51. The number of thiophene rings is 2. The molecule has 2 N–H and O–H groups in total. The molecule has 0 aliphatic heterocycles. The van der Waals surface area contributed by atoms with Gasteiger partial charge in [-0.2, -0.15) is 0 Å². The Morgan fingerprint density at radius 1 is 0.538 bits per heavy atom. The van der Waals surface area contributed by atoms with Crippen LogP contribution in [0.2, 0.25) is 0 Å². The first-order valence-electron chi connectivity index (χ1n) is 8.36. The zero-order chi connectivity index (χ0) is 17.9. The van der Waals surface area contributed by atoms with Crippen LogP contribution in [0.3, 0.4) is 0 Å². The molecule has 0 amide bonds. The first-order valence-corrected chi connectivity index (χ1v) is 10.1. The van der Waals surface area contributed by atoms with Gasteiger partial charge < -0.3 is 10.2 Å². The SMILES string of the molecule is OC(c1ccc(-c2cccs2)cc1)C(O)c1ccc(-c2cccs2)cc1. The molecule has 4 rings (SSSR count). The van der Waals surface area contributed by atoms with Crippen molar-refractivity contribution in [3.63, 3.8) is 0 Å². The highest BCUT2D eigenvalue weighted by Crippen LogP contribution is 2.33. The van der Waals surface area contributed by atoms with E-state index in [-0.39, 0.29) is 0 Å². The van der Waals surface area contributed by atoms with Crippen LogP contribution in [0.5, 0.6) is 0 Å². The lowest BCUT2D eigenvalue weighted by Gasteiger charge is -2.19. The quantitative estimate of drug-likeness (QED) is 0.453. The van der Waals surface area contributed by atoms with E-state index in [0.717, 1.165) is 11.1 Å². The Morgan fingerprint density at radius 3 is 1.23 bits per heavy atom. The smallest absolute Gasteiger partial charge is 0.109 e. The van der Waals surface area contributed by atoms with Crippen molar-refractivity contribution in [3.8, 4) is 20.9 Å². The Bertz CT molecular complexity index is 859. The lowest BCUT2D eigenvalue weighted by molar-refractivity contribution is 0.0172. The first kappa shape index (κ1) is 17.2. The Kier molecular flexibility index (Phi) is 5.00. The second kappa shape index (κ2) is 7.56. The largest absolute Gasteiger partial charge is 0.385 e. The minimum atomic E-state index is -0.958. The van der Waals surface area contributed by atoms with E-state index in [9.17, 15) is 10.2 Å². The van der Waals surface area contributed by atoms with Crippen LogP contribution >= 0.6 is 22.7 Å². The van der Waals surface area contributed by atoms with Gasteiger partial charge in [0.25, 0.3) is 0 Å². The molecule has 2 heterocycles. The van der Waals surface area contributed by atoms with Crippen LogP contribution in [-0.2, 0) is 0 Å². The van der Waals surface area contributed by atoms with Gasteiger partial charge >= 0.3 is 0 Å². The molecule has 2 unspecified atom stereocenters. The second-order valence-electron chi connectivity index (χ2n) is 6.09. The highest BCUT2D eigenvalue weighted by molar-refractivity contribution is 7.13. The van der Waals surface area contributed by atoms with Gasteiger partial charge in [0.2, 0.25) is 0 Å². The maximum atomic E-state index is 10.6. The van der Waals surface area contributed by atoms with Crippen molar-refractivity contribution >= 4 is 22.7 Å². The maximum absolute atomic E-state index is 10.6. The number of hydrogen-bond acceptors (Lipinski definition) is 4. The summed E-state index contributed by atoms with van der Waals surface area (Å²) < 4.78 is 0. The predicted molar refractivity (Wildman–Crippen MR) is 109 cm³/mol. The summed E-state index contributed by atoms with van der Waals surface area (Å²) in [5.41, 5.74) is 3.65. The van der Waals surface area contributed by atoms with E-state index in [2.05, 4.69) is 12.1 Å². The van der Waals surface area contributed by atoms with Gasteiger partial charge in [0.1, 0.15) is 12.2 Å². The molecule has 0 radical (unpaired) electrons. The van der Waals surface area contributed by atoms with Crippen molar-refractivity contribution in [1.29, 1.82) is 0 Å². The molecule has 0 fully saturated rings. The average Bonchev–Trinajstić information content (AvgIpc) is 3.41. The van der Waals surface area contributed by atoms with Gasteiger partial charge in [0, 0.05) is 9.75 Å². The molecule has 2 nitrogen and oxygen atoms in total. The van der Waals surface area contributed by atoms with E-state index >= 15 is 0 Å². The molecule has 4 heteroatoms. The average molecular weight is 379 g/mol. The van der Waals surface area contributed by atoms with E-state index in [4.69, 9.17) is 0 Å². The molecule has 0 bridgehead atoms. The van der Waals surface area contributed by atoms with Gasteiger partial charge in [0.05, 0.1) is 0 Å². The summed E-state index contributed by atoms with van der Waals surface area (Å²) in [7, 11) is 0. The maximum Gasteiger partial charge on any atom is 0.109 e.